The van der Waals surface area contributed by atoms with Crippen molar-refractivity contribution in [2.45, 2.75) is 52.5 Å². The van der Waals surface area contributed by atoms with Gasteiger partial charge in [-0.05, 0) is 53.6 Å². The lowest BCUT2D eigenvalue weighted by molar-refractivity contribution is 0.457. The Bertz CT molecular complexity index is 296. The van der Waals surface area contributed by atoms with Crippen molar-refractivity contribution in [2.24, 2.45) is 5.92 Å². The average Bonchev–Trinajstić information content (AvgIpc) is 2.68. The summed E-state index contributed by atoms with van der Waals surface area (Å²) in [7, 11) is 0. The molecule has 1 heterocycles. The van der Waals surface area contributed by atoms with Gasteiger partial charge in [0.25, 0.3) is 0 Å². The second kappa shape index (κ2) is 8.97. The molecular formula is C14H24INO. The molecule has 0 aliphatic heterocycles. The first-order valence-corrected chi connectivity index (χ1v) is 7.71. The SMILES string of the molecule is CC(C)CCCCCCNCc1ccc(I)o1. The van der Waals surface area contributed by atoms with Crippen LogP contribution in [0.15, 0.2) is 16.5 Å². The van der Waals surface area contributed by atoms with Crippen molar-refractivity contribution in [1.29, 1.82) is 0 Å². The summed E-state index contributed by atoms with van der Waals surface area (Å²) in [5, 5.41) is 3.42. The monoisotopic (exact) mass is 349 g/mol. The summed E-state index contributed by atoms with van der Waals surface area (Å²) < 4.78 is 6.44. The van der Waals surface area contributed by atoms with Gasteiger partial charge in [0.15, 0.2) is 3.77 Å². The van der Waals surface area contributed by atoms with E-state index < -0.39 is 0 Å². The van der Waals surface area contributed by atoms with Gasteiger partial charge >= 0.3 is 0 Å². The molecular weight excluding hydrogens is 325 g/mol. The minimum atomic E-state index is 0.856. The first-order chi connectivity index (χ1) is 8.18. The van der Waals surface area contributed by atoms with Crippen molar-refractivity contribution < 1.29 is 4.42 Å². The van der Waals surface area contributed by atoms with Crippen LogP contribution in [0.25, 0.3) is 0 Å². The third kappa shape index (κ3) is 7.82. The third-order valence-electron chi connectivity index (χ3n) is 2.81. The van der Waals surface area contributed by atoms with Crippen LogP contribution in [-0.4, -0.2) is 6.54 Å². The van der Waals surface area contributed by atoms with Crippen LogP contribution in [0.4, 0.5) is 0 Å². The highest BCUT2D eigenvalue weighted by atomic mass is 127. The van der Waals surface area contributed by atoms with Gasteiger partial charge < -0.3 is 9.73 Å². The lowest BCUT2D eigenvalue weighted by Crippen LogP contribution is -2.14. The summed E-state index contributed by atoms with van der Waals surface area (Å²) in [6.07, 6.45) is 6.75. The van der Waals surface area contributed by atoms with E-state index in [4.69, 9.17) is 4.42 Å². The molecule has 1 N–H and O–H groups in total. The van der Waals surface area contributed by atoms with E-state index in [0.717, 1.165) is 28.5 Å². The first kappa shape index (κ1) is 15.0. The third-order valence-corrected chi connectivity index (χ3v) is 3.39. The minimum absolute atomic E-state index is 0.856. The van der Waals surface area contributed by atoms with Crippen molar-refractivity contribution >= 4 is 22.6 Å². The van der Waals surface area contributed by atoms with Crippen LogP contribution < -0.4 is 5.32 Å². The van der Waals surface area contributed by atoms with Crippen LogP contribution in [0.1, 0.15) is 51.7 Å². The molecule has 0 spiro atoms. The second-order valence-corrected chi connectivity index (χ2v) is 6.04. The Labute approximate surface area is 119 Å². The Morgan fingerprint density at radius 1 is 1.18 bits per heavy atom. The molecule has 0 aromatic carbocycles. The molecule has 1 aromatic heterocycles. The summed E-state index contributed by atoms with van der Waals surface area (Å²) in [6, 6.07) is 4.04. The van der Waals surface area contributed by atoms with Gasteiger partial charge in [0.2, 0.25) is 0 Å². The van der Waals surface area contributed by atoms with Gasteiger partial charge in [0, 0.05) is 0 Å². The Morgan fingerprint density at radius 2 is 1.94 bits per heavy atom. The zero-order chi connectivity index (χ0) is 12.5. The molecule has 3 heteroatoms. The van der Waals surface area contributed by atoms with Gasteiger partial charge in [-0.2, -0.15) is 0 Å². The molecule has 1 rings (SSSR count). The Hall–Kier alpha value is -0.0300. The van der Waals surface area contributed by atoms with Gasteiger partial charge in [0.1, 0.15) is 5.76 Å². The van der Waals surface area contributed by atoms with Crippen LogP contribution in [0, 0.1) is 9.68 Å². The number of hydrogen-bond donors (Lipinski definition) is 1. The van der Waals surface area contributed by atoms with E-state index in [2.05, 4.69) is 41.8 Å². The smallest absolute Gasteiger partial charge is 0.164 e. The summed E-state index contributed by atoms with van der Waals surface area (Å²) in [5.41, 5.74) is 0. The molecule has 2 nitrogen and oxygen atoms in total. The van der Waals surface area contributed by atoms with E-state index in [1.165, 1.54) is 32.1 Å². The van der Waals surface area contributed by atoms with Crippen molar-refractivity contribution in [1.82, 2.24) is 5.32 Å². The molecule has 0 unspecified atom stereocenters. The number of rotatable bonds is 9. The fourth-order valence-electron chi connectivity index (χ4n) is 1.81. The van der Waals surface area contributed by atoms with Crippen LogP contribution in [0.5, 0.6) is 0 Å². The van der Waals surface area contributed by atoms with Crippen molar-refractivity contribution in [3.8, 4) is 0 Å². The quantitative estimate of drug-likeness (QED) is 0.521. The summed E-state index contributed by atoms with van der Waals surface area (Å²) in [4.78, 5) is 0. The zero-order valence-corrected chi connectivity index (χ0v) is 13.1. The number of nitrogens with one attached hydrogen (secondary N) is 1. The van der Waals surface area contributed by atoms with Gasteiger partial charge in [-0.25, -0.2) is 0 Å². The summed E-state index contributed by atoms with van der Waals surface area (Å²) >= 11 is 2.19. The molecule has 0 atom stereocenters. The normalized spacial score (nSPS) is 11.3. The average molecular weight is 349 g/mol. The largest absolute Gasteiger partial charge is 0.454 e. The molecule has 0 bridgehead atoms. The van der Waals surface area contributed by atoms with Gasteiger partial charge in [-0.15, -0.1) is 0 Å². The predicted octanol–water partition coefficient (Wildman–Crippen LogP) is 4.58. The Morgan fingerprint density at radius 3 is 2.59 bits per heavy atom. The summed E-state index contributed by atoms with van der Waals surface area (Å²) in [5.74, 6) is 1.89. The highest BCUT2D eigenvalue weighted by Crippen LogP contribution is 2.10. The fraction of sp³-hybridized carbons (Fsp3) is 0.714. The molecule has 17 heavy (non-hydrogen) atoms. The fourth-order valence-corrected chi connectivity index (χ4v) is 2.28. The van der Waals surface area contributed by atoms with E-state index in [1.54, 1.807) is 0 Å². The lowest BCUT2D eigenvalue weighted by atomic mass is 10.0. The molecule has 0 radical (unpaired) electrons. The maximum absolute atomic E-state index is 5.48. The molecule has 0 aliphatic rings. The van der Waals surface area contributed by atoms with Crippen molar-refractivity contribution in [2.75, 3.05) is 6.54 Å². The molecule has 0 aliphatic carbocycles. The Kier molecular flexibility index (Phi) is 7.93. The first-order valence-electron chi connectivity index (χ1n) is 6.63. The van der Waals surface area contributed by atoms with Crippen molar-refractivity contribution in [3.05, 3.63) is 21.7 Å². The minimum Gasteiger partial charge on any atom is -0.454 e. The second-order valence-electron chi connectivity index (χ2n) is 4.98. The van der Waals surface area contributed by atoms with Gasteiger partial charge in [-0.3, -0.25) is 0 Å². The zero-order valence-electron chi connectivity index (χ0n) is 11.0. The van der Waals surface area contributed by atoms with E-state index in [1.807, 2.05) is 12.1 Å². The van der Waals surface area contributed by atoms with Gasteiger partial charge in [0.05, 0.1) is 6.54 Å². The van der Waals surface area contributed by atoms with E-state index in [9.17, 15) is 0 Å². The number of unbranched alkanes of at least 4 members (excludes halogenated alkanes) is 3. The summed E-state index contributed by atoms with van der Waals surface area (Å²) in [6.45, 7) is 6.55. The van der Waals surface area contributed by atoms with Crippen LogP contribution >= 0.6 is 22.6 Å². The molecule has 0 saturated carbocycles. The number of hydrogen-bond acceptors (Lipinski definition) is 2. The Balaban J connectivity index is 1.88. The number of halogens is 1. The van der Waals surface area contributed by atoms with Crippen molar-refractivity contribution in [3.63, 3.8) is 0 Å². The molecule has 0 amide bonds. The highest BCUT2D eigenvalue weighted by Gasteiger charge is 1.98. The van der Waals surface area contributed by atoms with E-state index >= 15 is 0 Å². The molecule has 0 saturated heterocycles. The molecule has 1 aromatic rings. The maximum atomic E-state index is 5.48. The van der Waals surface area contributed by atoms with Crippen LogP contribution in [0.2, 0.25) is 0 Å². The predicted molar refractivity (Wildman–Crippen MR) is 81.1 cm³/mol. The topological polar surface area (TPSA) is 25.2 Å². The maximum Gasteiger partial charge on any atom is 0.164 e. The van der Waals surface area contributed by atoms with Crippen LogP contribution in [0.3, 0.4) is 0 Å². The van der Waals surface area contributed by atoms with E-state index in [-0.39, 0.29) is 0 Å². The van der Waals surface area contributed by atoms with E-state index in [0.29, 0.717) is 0 Å². The standard InChI is InChI=1S/C14H24INO/c1-12(2)7-5-3-4-6-10-16-11-13-8-9-14(15)17-13/h8-9,12,16H,3-7,10-11H2,1-2H3. The van der Waals surface area contributed by atoms with Gasteiger partial charge in [-0.1, -0.05) is 39.5 Å². The molecule has 0 fully saturated rings. The lowest BCUT2D eigenvalue weighted by Gasteiger charge is -2.05. The number of furan rings is 1. The highest BCUT2D eigenvalue weighted by molar-refractivity contribution is 14.1. The molecule has 98 valence electrons. The van der Waals surface area contributed by atoms with Crippen LogP contribution in [-0.2, 0) is 6.54 Å².